The predicted molar refractivity (Wildman–Crippen MR) is 148 cm³/mol. The van der Waals surface area contributed by atoms with Crippen LogP contribution in [0.1, 0.15) is 17.2 Å². The number of aliphatic carboxylic acids is 1. The van der Waals surface area contributed by atoms with E-state index in [-0.39, 0.29) is 19.1 Å². The maximum Gasteiger partial charge on any atom is 0.490 e. The van der Waals surface area contributed by atoms with Gasteiger partial charge in [0.25, 0.3) is 0 Å². The molecule has 13 heteroatoms. The number of aromatic nitrogens is 1. The van der Waals surface area contributed by atoms with E-state index >= 15 is 0 Å². The molecule has 40 heavy (non-hydrogen) atoms. The third-order valence-corrected chi connectivity index (χ3v) is 6.77. The van der Waals surface area contributed by atoms with Crippen LogP contribution in [-0.2, 0) is 9.59 Å². The number of hydrogen-bond acceptors (Lipinski definition) is 7. The average Bonchev–Trinajstić information content (AvgIpc) is 3.33. The number of rotatable bonds is 8. The number of methoxy groups -OCH3 is 1. The highest BCUT2D eigenvalue weighted by Gasteiger charge is 2.38. The number of aryl methyl sites for hydroxylation is 1. The number of nitrogens with zero attached hydrogens (tertiary/aromatic N) is 1. The van der Waals surface area contributed by atoms with Crippen LogP contribution in [0.3, 0.4) is 0 Å². The summed E-state index contributed by atoms with van der Waals surface area (Å²) in [5.74, 6) is -2.42. The lowest BCUT2D eigenvalue weighted by atomic mass is 10.1. The molecule has 0 saturated carbocycles. The maximum atomic E-state index is 12.5. The van der Waals surface area contributed by atoms with Gasteiger partial charge in [0.15, 0.2) is 0 Å². The summed E-state index contributed by atoms with van der Waals surface area (Å²) in [6, 6.07) is 18.5. The van der Waals surface area contributed by atoms with Gasteiger partial charge in [0.1, 0.15) is 10.8 Å². The fraction of sp³-hybridized carbons (Fsp3) is 0.222. The molecule has 1 unspecified atom stereocenters. The first-order valence-electron chi connectivity index (χ1n) is 11.7. The second kappa shape index (κ2) is 13.6. The van der Waals surface area contributed by atoms with Crippen LogP contribution in [0, 0.1) is 6.92 Å². The summed E-state index contributed by atoms with van der Waals surface area (Å²) >= 11 is 7.66. The maximum absolute atomic E-state index is 12.5. The van der Waals surface area contributed by atoms with Crippen molar-refractivity contribution in [2.24, 2.45) is 0 Å². The van der Waals surface area contributed by atoms with Gasteiger partial charge >= 0.3 is 12.1 Å². The Kier molecular flexibility index (Phi) is 10.5. The van der Waals surface area contributed by atoms with Crippen LogP contribution in [0.4, 0.5) is 18.9 Å². The van der Waals surface area contributed by atoms with Crippen molar-refractivity contribution in [2.45, 2.75) is 19.1 Å². The molecular weight excluding hydrogens is 571 g/mol. The van der Waals surface area contributed by atoms with Crippen molar-refractivity contribution in [3.63, 3.8) is 0 Å². The van der Waals surface area contributed by atoms with Crippen LogP contribution in [-0.4, -0.2) is 53.5 Å². The lowest BCUT2D eigenvalue weighted by molar-refractivity contribution is -0.192. The van der Waals surface area contributed by atoms with Crippen LogP contribution < -0.4 is 15.4 Å². The van der Waals surface area contributed by atoms with Gasteiger partial charge in [-0.2, -0.15) is 13.2 Å². The highest BCUT2D eigenvalue weighted by Crippen LogP contribution is 2.31. The number of anilines is 1. The normalized spacial score (nSPS) is 11.9. The van der Waals surface area contributed by atoms with E-state index in [1.54, 1.807) is 29.5 Å². The first-order chi connectivity index (χ1) is 18.9. The lowest BCUT2D eigenvalue weighted by Crippen LogP contribution is -2.33. The molecule has 0 radical (unpaired) electrons. The Morgan fingerprint density at radius 2 is 1.77 bits per heavy atom. The lowest BCUT2D eigenvalue weighted by Gasteiger charge is -2.19. The molecular formula is C27H25ClF3N3O5S. The number of hydrogen-bond donors (Lipinski definition) is 4. The molecule has 1 atom stereocenters. The van der Waals surface area contributed by atoms with Gasteiger partial charge in [-0.3, -0.25) is 10.1 Å². The van der Waals surface area contributed by atoms with Gasteiger partial charge in [0, 0.05) is 21.8 Å². The molecule has 212 valence electrons. The fourth-order valence-electron chi connectivity index (χ4n) is 3.52. The minimum atomic E-state index is -5.08. The Hall–Kier alpha value is -3.71. The number of thiazole rings is 1. The molecule has 1 heterocycles. The first-order valence-corrected chi connectivity index (χ1v) is 12.9. The standard InChI is InChI=1S/C25H24ClN3O3S.C2HF3O2/c1-15-3-10-20-23(11-15)33-25(29-20)16-4-7-18(8-5-16)28-24(31)13-27-21(14-30)19-9-6-17(26)12-22(19)32-2;3-2(4,5)1(6)7/h3-12,21,27,30H,13-14H2,1-2H3,(H,28,31);(H,6,7). The van der Waals surface area contributed by atoms with Crippen molar-refractivity contribution in [1.82, 2.24) is 10.3 Å². The van der Waals surface area contributed by atoms with Crippen LogP contribution >= 0.6 is 22.9 Å². The number of benzene rings is 3. The summed E-state index contributed by atoms with van der Waals surface area (Å²) in [6.45, 7) is 1.90. The SMILES string of the molecule is COc1cc(Cl)ccc1C(CO)NCC(=O)Nc1ccc(-c2nc3ccc(C)cc3s2)cc1.O=C(O)C(F)(F)F. The molecule has 3 aromatic carbocycles. The minimum Gasteiger partial charge on any atom is -0.496 e. The quantitative estimate of drug-likeness (QED) is 0.202. The van der Waals surface area contributed by atoms with Crippen molar-refractivity contribution in [3.8, 4) is 16.3 Å². The van der Waals surface area contributed by atoms with Gasteiger partial charge < -0.3 is 20.3 Å². The van der Waals surface area contributed by atoms with E-state index < -0.39 is 18.2 Å². The van der Waals surface area contributed by atoms with E-state index in [4.69, 9.17) is 31.2 Å². The Morgan fingerprint density at radius 1 is 1.10 bits per heavy atom. The number of carbonyl (C=O) groups is 2. The van der Waals surface area contributed by atoms with Gasteiger partial charge in [-0.25, -0.2) is 9.78 Å². The molecule has 8 nitrogen and oxygen atoms in total. The van der Waals surface area contributed by atoms with Crippen molar-refractivity contribution in [2.75, 3.05) is 25.6 Å². The fourth-order valence-corrected chi connectivity index (χ4v) is 4.75. The number of carbonyl (C=O) groups excluding carboxylic acids is 1. The van der Waals surface area contributed by atoms with Gasteiger partial charge in [-0.15, -0.1) is 11.3 Å². The molecule has 0 saturated heterocycles. The second-order valence-electron chi connectivity index (χ2n) is 8.42. The van der Waals surface area contributed by atoms with Crippen molar-refractivity contribution in [3.05, 3.63) is 76.8 Å². The van der Waals surface area contributed by atoms with Crippen LogP contribution in [0.25, 0.3) is 20.8 Å². The molecule has 1 aromatic heterocycles. The highest BCUT2D eigenvalue weighted by molar-refractivity contribution is 7.21. The number of carboxylic acid groups (broad SMARTS) is 1. The third-order valence-electron chi connectivity index (χ3n) is 5.46. The largest absolute Gasteiger partial charge is 0.496 e. The Bertz CT molecular complexity index is 1480. The molecule has 0 spiro atoms. The Morgan fingerprint density at radius 3 is 2.38 bits per heavy atom. The molecule has 4 N–H and O–H groups in total. The smallest absolute Gasteiger partial charge is 0.490 e. The molecule has 4 aromatic rings. The zero-order valence-corrected chi connectivity index (χ0v) is 22.8. The number of fused-ring (bicyclic) bond motifs is 1. The van der Waals surface area contributed by atoms with E-state index in [9.17, 15) is 23.1 Å². The van der Waals surface area contributed by atoms with Crippen molar-refractivity contribution < 1.29 is 37.7 Å². The number of nitrogens with one attached hydrogen (secondary N) is 2. The Balaban J connectivity index is 0.000000559. The van der Waals surface area contributed by atoms with E-state index in [0.717, 1.165) is 26.4 Å². The summed E-state index contributed by atoms with van der Waals surface area (Å²) in [7, 11) is 1.54. The highest BCUT2D eigenvalue weighted by atomic mass is 35.5. The number of aliphatic hydroxyl groups is 1. The van der Waals surface area contributed by atoms with Crippen LogP contribution in [0.5, 0.6) is 5.75 Å². The molecule has 0 fully saturated rings. The molecule has 0 aliphatic carbocycles. The van der Waals surface area contributed by atoms with Gasteiger partial charge in [0.2, 0.25) is 5.91 Å². The minimum absolute atomic E-state index is 0.0238. The first kappa shape index (κ1) is 30.8. The third kappa shape index (κ3) is 8.39. The monoisotopic (exact) mass is 595 g/mol. The van der Waals surface area contributed by atoms with Crippen LogP contribution in [0.15, 0.2) is 60.7 Å². The molecule has 0 aliphatic rings. The van der Waals surface area contributed by atoms with E-state index in [2.05, 4.69) is 29.7 Å². The molecule has 0 aliphatic heterocycles. The number of carboxylic acids is 1. The molecule has 1 amide bonds. The van der Waals surface area contributed by atoms with Crippen molar-refractivity contribution in [1.29, 1.82) is 0 Å². The second-order valence-corrected chi connectivity index (χ2v) is 9.89. The van der Waals surface area contributed by atoms with Crippen LogP contribution in [0.2, 0.25) is 5.02 Å². The topological polar surface area (TPSA) is 121 Å². The zero-order chi connectivity index (χ0) is 29.4. The van der Waals surface area contributed by atoms with Gasteiger partial charge in [-0.1, -0.05) is 23.7 Å². The number of amides is 1. The van der Waals surface area contributed by atoms with Gasteiger partial charge in [0.05, 0.1) is 36.5 Å². The molecule has 0 bridgehead atoms. The number of aliphatic hydroxyl groups excluding tert-OH is 1. The summed E-state index contributed by atoms with van der Waals surface area (Å²) in [6.07, 6.45) is -5.08. The predicted octanol–water partition coefficient (Wildman–Crippen LogP) is 5.83. The summed E-state index contributed by atoms with van der Waals surface area (Å²) < 4.78 is 38.2. The zero-order valence-electron chi connectivity index (χ0n) is 21.3. The average molecular weight is 596 g/mol. The number of halogens is 4. The van der Waals surface area contributed by atoms with Gasteiger partial charge in [-0.05, 0) is 61.0 Å². The number of ether oxygens (including phenoxy) is 1. The van der Waals surface area contributed by atoms with E-state index in [1.165, 1.54) is 12.7 Å². The summed E-state index contributed by atoms with van der Waals surface area (Å²) in [5.41, 5.74) is 4.61. The summed E-state index contributed by atoms with van der Waals surface area (Å²) in [4.78, 5) is 26.1. The summed E-state index contributed by atoms with van der Waals surface area (Å²) in [5, 5.41) is 24.3. The molecule has 4 rings (SSSR count). The van der Waals surface area contributed by atoms with Crippen molar-refractivity contribution >= 4 is 50.7 Å². The number of alkyl halides is 3. The van der Waals surface area contributed by atoms with E-state index in [0.29, 0.717) is 16.5 Å². The Labute approximate surface area is 236 Å². The van der Waals surface area contributed by atoms with E-state index in [1.807, 2.05) is 30.3 Å².